The average Bonchev–Trinajstić information content (AvgIpc) is 2.46. The number of amides is 2. The number of carboxylic acids is 1. The molecule has 0 fully saturated rings. The van der Waals surface area contributed by atoms with Crippen LogP contribution in [0.25, 0.3) is 0 Å². The van der Waals surface area contributed by atoms with Gasteiger partial charge in [0.05, 0.1) is 0 Å². The van der Waals surface area contributed by atoms with Crippen LogP contribution in [-0.2, 0) is 19.7 Å². The van der Waals surface area contributed by atoms with Crippen molar-refractivity contribution < 1.29 is 32.5 Å². The largest absolute Gasteiger partial charge is 0.480 e. The van der Waals surface area contributed by atoms with Crippen LogP contribution in [0, 0.1) is 0 Å². The molecule has 8 nitrogen and oxygen atoms in total. The second kappa shape index (κ2) is 7.84. The van der Waals surface area contributed by atoms with Crippen LogP contribution in [0.2, 0.25) is 0 Å². The maximum atomic E-state index is 12.5. The van der Waals surface area contributed by atoms with Gasteiger partial charge in [0.15, 0.2) is 6.04 Å². The third-order valence-electron chi connectivity index (χ3n) is 2.94. The predicted molar refractivity (Wildman–Crippen MR) is 80.4 cm³/mol. The van der Waals surface area contributed by atoms with Crippen LogP contribution >= 0.6 is 0 Å². The maximum absolute atomic E-state index is 12.5. The molecule has 0 spiro atoms. The Bertz CT molecular complexity index is 684. The van der Waals surface area contributed by atoms with Gasteiger partial charge in [0.25, 0.3) is 16.0 Å². The monoisotopic (exact) mass is 343 g/mol. The Balaban J connectivity index is 3.29. The first-order valence-electron chi connectivity index (χ1n) is 6.76. The first-order valence-corrected chi connectivity index (χ1v) is 8.37. The molecule has 0 saturated carbocycles. The van der Waals surface area contributed by atoms with Crippen molar-refractivity contribution in [3.05, 3.63) is 35.9 Å². The Kier molecular flexibility index (Phi) is 6.40. The van der Waals surface area contributed by atoms with Gasteiger partial charge in [-0.3, -0.25) is 19.0 Å². The molecule has 1 atom stereocenters. The molecule has 2 amide bonds. The highest BCUT2D eigenvalue weighted by Gasteiger charge is 2.37. The molecule has 0 bridgehead atoms. The maximum Gasteiger partial charge on any atom is 0.328 e. The minimum Gasteiger partial charge on any atom is -0.480 e. The molecule has 9 heteroatoms. The SMILES string of the molecule is CCCC(=O)N(C(=O)c1ccccc1)[C@@H](CS(=O)(=O)O)C(=O)O. The summed E-state index contributed by atoms with van der Waals surface area (Å²) in [6, 6.07) is 5.42. The first kappa shape index (κ1) is 18.8. The van der Waals surface area contributed by atoms with Crippen LogP contribution in [0.4, 0.5) is 0 Å². The molecule has 0 aliphatic rings. The van der Waals surface area contributed by atoms with Crippen molar-refractivity contribution in [2.75, 3.05) is 5.75 Å². The Labute approximate surface area is 133 Å². The number of aliphatic carboxylic acids is 1. The Hall–Kier alpha value is -2.26. The van der Waals surface area contributed by atoms with Gasteiger partial charge in [-0.25, -0.2) is 4.79 Å². The molecule has 1 aromatic carbocycles. The minimum atomic E-state index is -4.70. The molecular weight excluding hydrogens is 326 g/mol. The number of hydrogen-bond acceptors (Lipinski definition) is 5. The summed E-state index contributed by atoms with van der Waals surface area (Å²) < 4.78 is 31.0. The first-order chi connectivity index (χ1) is 10.7. The van der Waals surface area contributed by atoms with Gasteiger partial charge in [0.1, 0.15) is 5.75 Å². The highest BCUT2D eigenvalue weighted by molar-refractivity contribution is 7.85. The van der Waals surface area contributed by atoms with Gasteiger partial charge in [-0.2, -0.15) is 8.42 Å². The van der Waals surface area contributed by atoms with Crippen LogP contribution in [0.1, 0.15) is 30.1 Å². The van der Waals surface area contributed by atoms with E-state index < -0.39 is 39.7 Å². The normalized spacial score (nSPS) is 12.4. The van der Waals surface area contributed by atoms with E-state index in [9.17, 15) is 27.9 Å². The van der Waals surface area contributed by atoms with Crippen molar-refractivity contribution in [1.82, 2.24) is 4.90 Å². The molecule has 1 rings (SSSR count). The smallest absolute Gasteiger partial charge is 0.328 e. The predicted octanol–water partition coefficient (Wildman–Crippen LogP) is 0.797. The number of imide groups is 1. The number of rotatable bonds is 7. The van der Waals surface area contributed by atoms with Crippen LogP contribution in [-0.4, -0.2) is 52.6 Å². The molecule has 0 aromatic heterocycles. The van der Waals surface area contributed by atoms with E-state index in [0.717, 1.165) is 0 Å². The fourth-order valence-corrected chi connectivity index (χ4v) is 2.63. The quantitative estimate of drug-likeness (QED) is 0.700. The zero-order valence-corrected chi connectivity index (χ0v) is 13.2. The van der Waals surface area contributed by atoms with Crippen LogP contribution < -0.4 is 0 Å². The van der Waals surface area contributed by atoms with E-state index >= 15 is 0 Å². The average molecular weight is 343 g/mol. The zero-order valence-electron chi connectivity index (χ0n) is 12.4. The fraction of sp³-hybridized carbons (Fsp3) is 0.357. The summed E-state index contributed by atoms with van der Waals surface area (Å²) in [6.07, 6.45) is 0.212. The van der Waals surface area contributed by atoms with Crippen molar-refractivity contribution in [1.29, 1.82) is 0 Å². The fourth-order valence-electron chi connectivity index (χ4n) is 1.94. The zero-order chi connectivity index (χ0) is 17.6. The van der Waals surface area contributed by atoms with E-state index in [2.05, 4.69) is 0 Å². The van der Waals surface area contributed by atoms with Gasteiger partial charge in [0, 0.05) is 12.0 Å². The summed E-state index contributed by atoms with van der Waals surface area (Å²) in [5.41, 5.74) is 0.0403. The molecule has 23 heavy (non-hydrogen) atoms. The molecular formula is C14H17NO7S. The lowest BCUT2D eigenvalue weighted by Gasteiger charge is -2.26. The van der Waals surface area contributed by atoms with Gasteiger partial charge in [-0.15, -0.1) is 0 Å². The second-order valence-electron chi connectivity index (χ2n) is 4.79. The lowest BCUT2D eigenvalue weighted by Crippen LogP contribution is -2.51. The number of carbonyl (C=O) groups is 3. The third-order valence-corrected chi connectivity index (χ3v) is 3.67. The standard InChI is InChI=1S/C14H17NO7S/c1-2-6-12(16)15(11(14(18)19)9-23(20,21)22)13(17)10-7-4-3-5-8-10/h3-5,7-8,11H,2,6,9H2,1H3,(H,18,19)(H,20,21,22)/t11-/m0/s1. The summed E-state index contributed by atoms with van der Waals surface area (Å²) in [5.74, 6) is -4.72. The molecule has 0 heterocycles. The molecule has 0 aliphatic heterocycles. The van der Waals surface area contributed by atoms with E-state index in [-0.39, 0.29) is 12.0 Å². The van der Waals surface area contributed by atoms with E-state index in [0.29, 0.717) is 11.3 Å². The molecule has 0 aliphatic carbocycles. The van der Waals surface area contributed by atoms with Gasteiger partial charge in [0.2, 0.25) is 5.91 Å². The number of carbonyl (C=O) groups excluding carboxylic acids is 2. The number of hydrogen-bond donors (Lipinski definition) is 2. The van der Waals surface area contributed by atoms with Crippen molar-refractivity contribution in [3.8, 4) is 0 Å². The van der Waals surface area contributed by atoms with Crippen LogP contribution in [0.3, 0.4) is 0 Å². The summed E-state index contributed by atoms with van der Waals surface area (Å²) in [5, 5.41) is 9.20. The van der Waals surface area contributed by atoms with Crippen molar-refractivity contribution in [2.45, 2.75) is 25.8 Å². The van der Waals surface area contributed by atoms with E-state index in [1.165, 1.54) is 24.3 Å². The topological polar surface area (TPSA) is 129 Å². The number of carboxylic acid groups (broad SMARTS) is 1. The van der Waals surface area contributed by atoms with Crippen molar-refractivity contribution >= 4 is 27.9 Å². The Morgan fingerprint density at radius 2 is 1.74 bits per heavy atom. The molecule has 0 unspecified atom stereocenters. The molecule has 0 saturated heterocycles. The lowest BCUT2D eigenvalue weighted by atomic mass is 10.1. The van der Waals surface area contributed by atoms with E-state index in [1.807, 2.05) is 0 Å². The summed E-state index contributed by atoms with van der Waals surface area (Å²) >= 11 is 0. The summed E-state index contributed by atoms with van der Waals surface area (Å²) in [4.78, 5) is 36.3. The lowest BCUT2D eigenvalue weighted by molar-refractivity contribution is -0.147. The summed E-state index contributed by atoms with van der Waals surface area (Å²) in [7, 11) is -4.70. The van der Waals surface area contributed by atoms with Crippen LogP contribution in [0.15, 0.2) is 30.3 Å². The second-order valence-corrected chi connectivity index (χ2v) is 6.28. The minimum absolute atomic E-state index is 0.0403. The van der Waals surface area contributed by atoms with Crippen LogP contribution in [0.5, 0.6) is 0 Å². The van der Waals surface area contributed by atoms with Gasteiger partial charge in [-0.1, -0.05) is 25.1 Å². The van der Waals surface area contributed by atoms with E-state index in [1.54, 1.807) is 13.0 Å². The van der Waals surface area contributed by atoms with Crippen molar-refractivity contribution in [2.24, 2.45) is 0 Å². The van der Waals surface area contributed by atoms with Gasteiger partial charge < -0.3 is 5.11 Å². The van der Waals surface area contributed by atoms with Gasteiger partial charge >= 0.3 is 5.97 Å². The number of nitrogens with zero attached hydrogens (tertiary/aromatic N) is 1. The summed E-state index contributed by atoms with van der Waals surface area (Å²) in [6.45, 7) is 1.65. The van der Waals surface area contributed by atoms with Crippen molar-refractivity contribution in [3.63, 3.8) is 0 Å². The molecule has 0 radical (unpaired) electrons. The highest BCUT2D eigenvalue weighted by Crippen LogP contribution is 2.13. The third kappa shape index (κ3) is 5.46. The van der Waals surface area contributed by atoms with E-state index in [4.69, 9.17) is 4.55 Å². The van der Waals surface area contributed by atoms with Gasteiger partial charge in [-0.05, 0) is 18.6 Å². The molecule has 126 valence electrons. The molecule has 1 aromatic rings. The highest BCUT2D eigenvalue weighted by atomic mass is 32.2. The Morgan fingerprint density at radius 3 is 2.17 bits per heavy atom. The number of benzene rings is 1. The Morgan fingerprint density at radius 1 is 1.17 bits per heavy atom. The molecule has 2 N–H and O–H groups in total.